The Morgan fingerprint density at radius 3 is 2.32 bits per heavy atom. The normalized spacial score (nSPS) is 12.9. The molecule has 25 heavy (non-hydrogen) atoms. The number of aliphatic carboxylic acids is 1. The van der Waals surface area contributed by atoms with Crippen molar-refractivity contribution in [3.8, 4) is 0 Å². The van der Waals surface area contributed by atoms with Crippen LogP contribution < -0.4 is 10.0 Å². The summed E-state index contributed by atoms with van der Waals surface area (Å²) < 4.78 is 54.7. The molecule has 0 spiro atoms. The van der Waals surface area contributed by atoms with Gasteiger partial charge in [0.05, 0.1) is 5.69 Å². The number of nitrogens with one attached hydrogen (secondary N) is 2. The van der Waals surface area contributed by atoms with Crippen LogP contribution in [-0.4, -0.2) is 31.4 Å². The van der Waals surface area contributed by atoms with Gasteiger partial charge in [0.25, 0.3) is 0 Å². The molecule has 7 nitrogen and oxygen atoms in total. The van der Waals surface area contributed by atoms with E-state index in [1.165, 1.54) is 0 Å². The van der Waals surface area contributed by atoms with E-state index >= 15 is 0 Å². The smallest absolute Gasteiger partial charge is 0.321 e. The molecule has 1 amide bonds. The van der Waals surface area contributed by atoms with Gasteiger partial charge in [-0.25, -0.2) is 17.2 Å². The molecule has 140 valence electrons. The third kappa shape index (κ3) is 5.35. The van der Waals surface area contributed by atoms with Crippen LogP contribution in [0, 0.1) is 17.6 Å². The average Bonchev–Trinajstić information content (AvgIpc) is 2.42. The van der Waals surface area contributed by atoms with E-state index in [9.17, 15) is 26.8 Å². The average molecular weight is 399 g/mol. The van der Waals surface area contributed by atoms with Gasteiger partial charge in [0, 0.05) is 13.0 Å². The number of benzene rings is 1. The number of carbonyl (C=O) groups excluding carboxylic acids is 1. The molecule has 3 N–H and O–H groups in total. The van der Waals surface area contributed by atoms with Gasteiger partial charge in [-0.2, -0.15) is 4.72 Å². The molecule has 1 aromatic rings. The molecule has 0 radical (unpaired) electrons. The lowest BCUT2D eigenvalue weighted by molar-refractivity contribution is -0.139. The molecule has 11 heteroatoms. The van der Waals surface area contributed by atoms with Crippen molar-refractivity contribution >= 4 is 39.2 Å². The third-order valence-electron chi connectivity index (χ3n) is 3.00. The Balaban J connectivity index is 3.36. The van der Waals surface area contributed by atoms with Crippen molar-refractivity contribution in [1.29, 1.82) is 0 Å². The van der Waals surface area contributed by atoms with Crippen LogP contribution in [0.15, 0.2) is 11.0 Å². The van der Waals surface area contributed by atoms with Gasteiger partial charge >= 0.3 is 5.97 Å². The zero-order valence-electron chi connectivity index (χ0n) is 13.6. The summed E-state index contributed by atoms with van der Waals surface area (Å²) in [6, 6.07) is -1.03. The highest BCUT2D eigenvalue weighted by Crippen LogP contribution is 2.32. The third-order valence-corrected chi connectivity index (χ3v) is 4.87. The van der Waals surface area contributed by atoms with E-state index in [4.69, 9.17) is 16.7 Å². The first-order valence-electron chi connectivity index (χ1n) is 7.07. The maximum absolute atomic E-state index is 14.3. The van der Waals surface area contributed by atoms with E-state index in [1.54, 1.807) is 18.6 Å². The Hall–Kier alpha value is -1.78. The Morgan fingerprint density at radius 1 is 1.32 bits per heavy atom. The molecule has 0 aromatic heterocycles. The molecule has 0 aliphatic rings. The highest BCUT2D eigenvalue weighted by molar-refractivity contribution is 7.89. The molecule has 1 rings (SSSR count). The van der Waals surface area contributed by atoms with E-state index in [2.05, 4.69) is 5.32 Å². The fourth-order valence-corrected chi connectivity index (χ4v) is 3.62. The number of anilines is 1. The lowest BCUT2D eigenvalue weighted by Gasteiger charge is -2.18. The van der Waals surface area contributed by atoms with Crippen LogP contribution in [0.4, 0.5) is 14.5 Å². The van der Waals surface area contributed by atoms with Gasteiger partial charge in [0.1, 0.15) is 16.9 Å². The second-order valence-electron chi connectivity index (χ2n) is 5.69. The second kappa shape index (κ2) is 8.07. The summed E-state index contributed by atoms with van der Waals surface area (Å²) in [5.74, 6) is -5.50. The quantitative estimate of drug-likeness (QED) is 0.610. The number of amides is 1. The topological polar surface area (TPSA) is 113 Å². The van der Waals surface area contributed by atoms with E-state index < -0.39 is 55.2 Å². The molecule has 0 bridgehead atoms. The molecule has 0 fully saturated rings. The fraction of sp³-hybridized carbons (Fsp3) is 0.429. The summed E-state index contributed by atoms with van der Waals surface area (Å²) in [4.78, 5) is 20.7. The first-order valence-corrected chi connectivity index (χ1v) is 8.93. The Kier molecular flexibility index (Phi) is 6.86. The summed E-state index contributed by atoms with van der Waals surface area (Å²) in [7, 11) is -4.86. The van der Waals surface area contributed by atoms with Gasteiger partial charge < -0.3 is 10.4 Å². The van der Waals surface area contributed by atoms with Gasteiger partial charge in [-0.15, -0.1) is 0 Å². The highest BCUT2D eigenvalue weighted by atomic mass is 35.5. The molecular weight excluding hydrogens is 382 g/mol. The van der Waals surface area contributed by atoms with E-state index in [0.717, 1.165) is 6.92 Å². The van der Waals surface area contributed by atoms with Crippen LogP contribution in [0.1, 0.15) is 27.2 Å². The van der Waals surface area contributed by atoms with E-state index in [0.29, 0.717) is 6.07 Å². The maximum Gasteiger partial charge on any atom is 0.321 e. The summed E-state index contributed by atoms with van der Waals surface area (Å²) in [6.07, 6.45) is -0.0878. The van der Waals surface area contributed by atoms with E-state index in [-0.39, 0.29) is 12.3 Å². The van der Waals surface area contributed by atoms with Crippen molar-refractivity contribution in [1.82, 2.24) is 4.72 Å². The number of hydrogen-bond donors (Lipinski definition) is 3. The molecule has 0 aliphatic heterocycles. The van der Waals surface area contributed by atoms with Crippen molar-refractivity contribution < 1.29 is 31.9 Å². The number of sulfonamides is 1. The van der Waals surface area contributed by atoms with Gasteiger partial charge in [0.2, 0.25) is 15.9 Å². The minimum absolute atomic E-state index is 0.0878. The minimum Gasteiger partial charge on any atom is -0.480 e. The monoisotopic (exact) mass is 398 g/mol. The number of carbonyl (C=O) groups is 2. The number of halogens is 3. The van der Waals surface area contributed by atoms with Gasteiger partial charge in [0.15, 0.2) is 10.7 Å². The number of hydrogen-bond acceptors (Lipinski definition) is 4. The summed E-state index contributed by atoms with van der Waals surface area (Å²) in [5.41, 5.74) is -0.444. The van der Waals surface area contributed by atoms with Crippen LogP contribution in [0.25, 0.3) is 0 Å². The Morgan fingerprint density at radius 2 is 1.88 bits per heavy atom. The van der Waals surface area contributed by atoms with Crippen molar-refractivity contribution in [3.63, 3.8) is 0 Å². The van der Waals surface area contributed by atoms with Crippen LogP contribution >= 0.6 is 11.6 Å². The van der Waals surface area contributed by atoms with Crippen molar-refractivity contribution in [2.24, 2.45) is 5.92 Å². The van der Waals surface area contributed by atoms with E-state index in [1.807, 2.05) is 0 Å². The van der Waals surface area contributed by atoms with Crippen molar-refractivity contribution in [2.75, 3.05) is 5.32 Å². The molecular formula is C14H17ClF2N2O5S. The van der Waals surface area contributed by atoms with Crippen LogP contribution in [-0.2, 0) is 19.6 Å². The highest BCUT2D eigenvalue weighted by Gasteiger charge is 2.32. The molecule has 0 aliphatic carbocycles. The predicted octanol–water partition coefficient (Wildman–Crippen LogP) is 2.35. The standard InChI is InChI=1S/C14H17ClF2N2O5S/c1-6(2)4-10(14(21)22)19-25(23,24)13-8(16)5-9(18-7(3)20)11(15)12(13)17/h5-6,10,19H,4H2,1-3H3,(H,18,20)(H,21,22)/t10-/m0/s1. The zero-order valence-corrected chi connectivity index (χ0v) is 15.1. The van der Waals surface area contributed by atoms with Crippen LogP contribution in [0.2, 0.25) is 5.02 Å². The maximum atomic E-state index is 14.3. The molecule has 1 aromatic carbocycles. The summed E-state index contributed by atoms with van der Waals surface area (Å²) in [6.45, 7) is 4.39. The fourth-order valence-electron chi connectivity index (χ4n) is 2.02. The van der Waals surface area contributed by atoms with Crippen molar-refractivity contribution in [3.05, 3.63) is 22.7 Å². The first-order chi connectivity index (χ1) is 11.4. The minimum atomic E-state index is -4.86. The first kappa shape index (κ1) is 21.3. The zero-order chi connectivity index (χ0) is 19.5. The molecule has 0 heterocycles. The SMILES string of the molecule is CC(=O)Nc1cc(F)c(S(=O)(=O)N[C@@H](CC(C)C)C(=O)O)c(F)c1Cl. The van der Waals surface area contributed by atoms with Gasteiger partial charge in [-0.05, 0) is 12.3 Å². The Bertz CT molecular complexity index is 799. The second-order valence-corrected chi connectivity index (χ2v) is 7.71. The molecule has 0 saturated heterocycles. The predicted molar refractivity (Wildman–Crippen MR) is 86.9 cm³/mol. The lowest BCUT2D eigenvalue weighted by atomic mass is 10.1. The van der Waals surface area contributed by atoms with Crippen LogP contribution in [0.5, 0.6) is 0 Å². The molecule has 1 atom stereocenters. The molecule has 0 saturated carbocycles. The molecule has 0 unspecified atom stereocenters. The van der Waals surface area contributed by atoms with Gasteiger partial charge in [-0.1, -0.05) is 25.4 Å². The van der Waals surface area contributed by atoms with Crippen molar-refractivity contribution in [2.45, 2.75) is 38.1 Å². The van der Waals surface area contributed by atoms with Gasteiger partial charge in [-0.3, -0.25) is 9.59 Å². The number of carboxylic acids is 1. The van der Waals surface area contributed by atoms with Crippen LogP contribution in [0.3, 0.4) is 0 Å². The largest absolute Gasteiger partial charge is 0.480 e. The number of carboxylic acid groups (broad SMARTS) is 1. The Labute approximate surface area is 148 Å². The lowest BCUT2D eigenvalue weighted by Crippen LogP contribution is -2.42. The summed E-state index contributed by atoms with van der Waals surface area (Å²) in [5, 5.41) is 10.3. The summed E-state index contributed by atoms with van der Waals surface area (Å²) >= 11 is 5.64. The number of rotatable bonds is 7.